The summed E-state index contributed by atoms with van der Waals surface area (Å²) in [5.74, 6) is 1.53. The second-order valence-electron chi connectivity index (χ2n) is 5.02. The monoisotopic (exact) mass is 440 g/mol. The molecule has 0 saturated heterocycles. The molecule has 3 aromatic rings. The first kappa shape index (κ1) is 18.0. The number of hydrogen-bond acceptors (Lipinski definition) is 5. The molecule has 5 nitrogen and oxygen atoms in total. The van der Waals surface area contributed by atoms with Gasteiger partial charge in [-0.1, -0.05) is 17.7 Å². The predicted molar refractivity (Wildman–Crippen MR) is 106 cm³/mol. The fourth-order valence-electron chi connectivity index (χ4n) is 2.32. The molecule has 0 amide bonds. The van der Waals surface area contributed by atoms with E-state index in [0.29, 0.717) is 39.2 Å². The molecule has 2 aromatic heterocycles. The standard InChI is InChI=1S/C17H14BrClN2O3S/c1-3-24-12-7-9(6-11(19)15(12)23-2)4-5-14-20-16(22)10-8-13(18)25-17(10)21-14/h4-8H,3H2,1-2H3,(H,20,21,22). The van der Waals surface area contributed by atoms with E-state index in [1.165, 1.54) is 11.3 Å². The lowest BCUT2D eigenvalue weighted by Gasteiger charge is -2.11. The highest BCUT2D eigenvalue weighted by atomic mass is 79.9. The fourth-order valence-corrected chi connectivity index (χ4v) is 4.07. The van der Waals surface area contributed by atoms with Crippen molar-refractivity contribution in [1.82, 2.24) is 9.97 Å². The highest BCUT2D eigenvalue weighted by Gasteiger charge is 2.11. The quantitative estimate of drug-likeness (QED) is 0.606. The smallest absolute Gasteiger partial charge is 0.259 e. The maximum atomic E-state index is 12.1. The Hall–Kier alpha value is -1.83. The molecule has 0 aliphatic rings. The summed E-state index contributed by atoms with van der Waals surface area (Å²) in [5, 5.41) is 1.02. The topological polar surface area (TPSA) is 64.2 Å². The van der Waals surface area contributed by atoms with E-state index in [4.69, 9.17) is 21.1 Å². The first-order valence-corrected chi connectivity index (χ1v) is 9.38. The van der Waals surface area contributed by atoms with Gasteiger partial charge in [0.05, 0.1) is 27.9 Å². The average Bonchev–Trinajstić information content (AvgIpc) is 2.94. The van der Waals surface area contributed by atoms with Crippen LogP contribution in [0.4, 0.5) is 0 Å². The van der Waals surface area contributed by atoms with Gasteiger partial charge in [-0.05, 0) is 52.7 Å². The van der Waals surface area contributed by atoms with Gasteiger partial charge in [0.2, 0.25) is 0 Å². The lowest BCUT2D eigenvalue weighted by molar-refractivity contribution is 0.311. The molecular formula is C17H14BrClN2O3S. The molecule has 0 fully saturated rings. The zero-order valence-electron chi connectivity index (χ0n) is 13.4. The van der Waals surface area contributed by atoms with E-state index in [0.717, 1.165) is 9.35 Å². The highest BCUT2D eigenvalue weighted by molar-refractivity contribution is 9.11. The van der Waals surface area contributed by atoms with Crippen LogP contribution >= 0.6 is 38.9 Å². The van der Waals surface area contributed by atoms with Crippen molar-refractivity contribution >= 4 is 61.2 Å². The summed E-state index contributed by atoms with van der Waals surface area (Å²) in [6.45, 7) is 2.39. The third-order valence-corrected chi connectivity index (χ3v) is 5.17. The molecular weight excluding hydrogens is 428 g/mol. The zero-order valence-corrected chi connectivity index (χ0v) is 16.6. The molecule has 0 saturated carbocycles. The lowest BCUT2D eigenvalue weighted by Crippen LogP contribution is -2.07. The minimum atomic E-state index is -0.172. The van der Waals surface area contributed by atoms with Crippen molar-refractivity contribution in [3.05, 3.63) is 48.7 Å². The molecule has 130 valence electrons. The minimum Gasteiger partial charge on any atom is -0.491 e. The van der Waals surface area contributed by atoms with Crippen LogP contribution in [0.1, 0.15) is 18.3 Å². The van der Waals surface area contributed by atoms with E-state index >= 15 is 0 Å². The van der Waals surface area contributed by atoms with Crippen LogP contribution in [0.25, 0.3) is 22.4 Å². The Morgan fingerprint density at radius 2 is 2.16 bits per heavy atom. The Bertz CT molecular complexity index is 1010. The molecule has 1 aromatic carbocycles. The van der Waals surface area contributed by atoms with E-state index in [1.807, 2.05) is 13.0 Å². The molecule has 0 aliphatic heterocycles. The van der Waals surface area contributed by atoms with Gasteiger partial charge >= 0.3 is 0 Å². The van der Waals surface area contributed by atoms with Crippen LogP contribution in [0.3, 0.4) is 0 Å². The highest BCUT2D eigenvalue weighted by Crippen LogP contribution is 2.36. The van der Waals surface area contributed by atoms with Gasteiger partial charge < -0.3 is 14.5 Å². The molecule has 0 aliphatic carbocycles. The number of methoxy groups -OCH3 is 1. The number of thiophene rings is 1. The van der Waals surface area contributed by atoms with E-state index < -0.39 is 0 Å². The van der Waals surface area contributed by atoms with E-state index in [2.05, 4.69) is 25.9 Å². The lowest BCUT2D eigenvalue weighted by atomic mass is 10.2. The number of fused-ring (bicyclic) bond motifs is 1. The molecule has 2 heterocycles. The van der Waals surface area contributed by atoms with Crippen LogP contribution in [-0.4, -0.2) is 23.7 Å². The van der Waals surface area contributed by atoms with Gasteiger partial charge in [0.25, 0.3) is 5.56 Å². The van der Waals surface area contributed by atoms with Crippen molar-refractivity contribution in [2.45, 2.75) is 6.92 Å². The van der Waals surface area contributed by atoms with Crippen molar-refractivity contribution in [2.75, 3.05) is 13.7 Å². The summed E-state index contributed by atoms with van der Waals surface area (Å²) < 4.78 is 11.7. The van der Waals surface area contributed by atoms with Crippen molar-refractivity contribution < 1.29 is 9.47 Å². The maximum Gasteiger partial charge on any atom is 0.259 e. The first-order chi connectivity index (χ1) is 12.0. The summed E-state index contributed by atoms with van der Waals surface area (Å²) >= 11 is 11.0. The summed E-state index contributed by atoms with van der Waals surface area (Å²) in [6.07, 6.45) is 3.53. The van der Waals surface area contributed by atoms with Gasteiger partial charge in [-0.3, -0.25) is 4.79 Å². The second-order valence-corrected chi connectivity index (χ2v) is 7.84. The number of aromatic amines is 1. The Kier molecular flexibility index (Phi) is 5.46. The van der Waals surface area contributed by atoms with E-state index in [-0.39, 0.29) is 5.56 Å². The van der Waals surface area contributed by atoms with Gasteiger partial charge in [0.1, 0.15) is 10.7 Å². The SMILES string of the molecule is CCOc1cc(C=Cc2nc3sc(Br)cc3c(=O)[nH]2)cc(Cl)c1OC. The van der Waals surface area contributed by atoms with E-state index in [9.17, 15) is 4.79 Å². The van der Waals surface area contributed by atoms with Crippen LogP contribution in [0.15, 0.2) is 26.8 Å². The van der Waals surface area contributed by atoms with Crippen LogP contribution in [0.2, 0.25) is 5.02 Å². The number of rotatable bonds is 5. The number of nitrogens with one attached hydrogen (secondary N) is 1. The van der Waals surface area contributed by atoms with Crippen molar-refractivity contribution in [3.8, 4) is 11.5 Å². The van der Waals surface area contributed by atoms with Gasteiger partial charge in [0, 0.05) is 0 Å². The number of aromatic nitrogens is 2. The normalized spacial score (nSPS) is 11.4. The summed E-state index contributed by atoms with van der Waals surface area (Å²) in [6, 6.07) is 5.35. The number of H-pyrrole nitrogens is 1. The third-order valence-electron chi connectivity index (χ3n) is 3.36. The number of benzene rings is 1. The molecule has 8 heteroatoms. The van der Waals surface area contributed by atoms with Gasteiger partial charge in [-0.2, -0.15) is 0 Å². The van der Waals surface area contributed by atoms with Gasteiger partial charge in [-0.15, -0.1) is 11.3 Å². The Morgan fingerprint density at radius 1 is 1.36 bits per heavy atom. The van der Waals surface area contributed by atoms with Crippen LogP contribution < -0.4 is 15.0 Å². The molecule has 0 radical (unpaired) electrons. The first-order valence-electron chi connectivity index (χ1n) is 7.39. The predicted octanol–water partition coefficient (Wildman–Crippen LogP) is 4.98. The summed E-state index contributed by atoms with van der Waals surface area (Å²) in [5.41, 5.74) is 0.638. The maximum absolute atomic E-state index is 12.1. The molecule has 1 N–H and O–H groups in total. The molecule has 25 heavy (non-hydrogen) atoms. The Morgan fingerprint density at radius 3 is 2.88 bits per heavy atom. The third kappa shape index (κ3) is 3.89. The van der Waals surface area contributed by atoms with Crippen molar-refractivity contribution in [3.63, 3.8) is 0 Å². The Balaban J connectivity index is 1.97. The molecule has 0 atom stereocenters. The second kappa shape index (κ2) is 7.59. The number of ether oxygens (including phenoxy) is 2. The molecule has 3 rings (SSSR count). The van der Waals surface area contributed by atoms with Crippen molar-refractivity contribution in [2.24, 2.45) is 0 Å². The zero-order chi connectivity index (χ0) is 18.0. The molecule has 0 unspecified atom stereocenters. The average molecular weight is 442 g/mol. The number of nitrogens with zero attached hydrogens (tertiary/aromatic N) is 1. The van der Waals surface area contributed by atoms with E-state index in [1.54, 1.807) is 31.4 Å². The van der Waals surface area contributed by atoms with Crippen LogP contribution in [-0.2, 0) is 0 Å². The summed E-state index contributed by atoms with van der Waals surface area (Å²) in [4.78, 5) is 20.0. The molecule has 0 bridgehead atoms. The Labute approximate surface area is 161 Å². The van der Waals surface area contributed by atoms with Crippen molar-refractivity contribution in [1.29, 1.82) is 0 Å². The minimum absolute atomic E-state index is 0.172. The van der Waals surface area contributed by atoms with Crippen LogP contribution in [0, 0.1) is 0 Å². The van der Waals surface area contributed by atoms with Crippen LogP contribution in [0.5, 0.6) is 11.5 Å². The van der Waals surface area contributed by atoms with Gasteiger partial charge in [0.15, 0.2) is 11.5 Å². The molecule has 0 spiro atoms. The fraction of sp³-hybridized carbons (Fsp3) is 0.176. The van der Waals surface area contributed by atoms with Gasteiger partial charge in [-0.25, -0.2) is 4.98 Å². The summed E-state index contributed by atoms with van der Waals surface area (Å²) in [7, 11) is 1.54. The number of halogens is 2. The number of hydrogen-bond donors (Lipinski definition) is 1. The largest absolute Gasteiger partial charge is 0.491 e.